The number of amides is 2. The molecule has 0 unspecified atom stereocenters. The van der Waals surface area contributed by atoms with Crippen molar-refractivity contribution in [2.45, 2.75) is 12.8 Å². The number of ether oxygens (including phenoxy) is 1. The van der Waals surface area contributed by atoms with Gasteiger partial charge in [0.1, 0.15) is 5.41 Å². The minimum absolute atomic E-state index is 0.231. The van der Waals surface area contributed by atoms with Crippen LogP contribution in [0.1, 0.15) is 23.2 Å². The molecule has 2 aromatic rings. The lowest BCUT2D eigenvalue weighted by atomic mass is 10.0. The quantitative estimate of drug-likeness (QED) is 0.621. The molecule has 0 bridgehead atoms. The normalized spacial score (nSPS) is 14.2. The Balaban J connectivity index is 1.75. The molecule has 3 rings (SSSR count). The second-order valence-electron chi connectivity index (χ2n) is 6.04. The van der Waals surface area contributed by atoms with E-state index in [0.717, 1.165) is 0 Å². The molecule has 0 spiro atoms. The Hall–Kier alpha value is -2.86. The van der Waals surface area contributed by atoms with Crippen molar-refractivity contribution in [2.24, 2.45) is 5.41 Å². The number of carbonyl (C=O) groups excluding carboxylic acids is 3. The Labute approximate surface area is 155 Å². The maximum absolute atomic E-state index is 12.7. The van der Waals surface area contributed by atoms with Crippen LogP contribution in [0.2, 0.25) is 5.02 Å². The van der Waals surface area contributed by atoms with Crippen LogP contribution in [0.5, 0.6) is 0 Å². The Morgan fingerprint density at radius 1 is 1.00 bits per heavy atom. The predicted octanol–water partition coefficient (Wildman–Crippen LogP) is 3.48. The highest BCUT2D eigenvalue weighted by Gasteiger charge is 2.56. The van der Waals surface area contributed by atoms with Crippen LogP contribution < -0.4 is 10.6 Å². The molecule has 6 nitrogen and oxygen atoms in total. The van der Waals surface area contributed by atoms with E-state index in [-0.39, 0.29) is 5.56 Å². The average Bonchev–Trinajstić information content (AvgIpc) is 3.43. The van der Waals surface area contributed by atoms with Gasteiger partial charge in [0.05, 0.1) is 18.4 Å². The van der Waals surface area contributed by atoms with Gasteiger partial charge in [-0.2, -0.15) is 0 Å². The van der Waals surface area contributed by atoms with Crippen LogP contribution in [0.3, 0.4) is 0 Å². The van der Waals surface area contributed by atoms with Gasteiger partial charge in [0.25, 0.3) is 0 Å². The summed E-state index contributed by atoms with van der Waals surface area (Å²) in [6, 6.07) is 13.2. The lowest BCUT2D eigenvalue weighted by Gasteiger charge is -2.17. The number of rotatable bonds is 5. The molecule has 134 valence electrons. The molecule has 2 N–H and O–H groups in total. The zero-order valence-electron chi connectivity index (χ0n) is 14.0. The van der Waals surface area contributed by atoms with Gasteiger partial charge in [-0.05, 0) is 43.2 Å². The van der Waals surface area contributed by atoms with Gasteiger partial charge in [0.15, 0.2) is 0 Å². The lowest BCUT2D eigenvalue weighted by molar-refractivity contribution is -0.131. The van der Waals surface area contributed by atoms with Gasteiger partial charge < -0.3 is 15.4 Å². The third kappa shape index (κ3) is 3.55. The van der Waals surface area contributed by atoms with Gasteiger partial charge in [0.2, 0.25) is 11.8 Å². The van der Waals surface area contributed by atoms with E-state index in [2.05, 4.69) is 10.6 Å². The number of esters is 1. The van der Waals surface area contributed by atoms with Gasteiger partial charge in [0, 0.05) is 10.7 Å². The number of hydrogen-bond acceptors (Lipinski definition) is 4. The Bertz CT molecular complexity index is 877. The van der Waals surface area contributed by atoms with Crippen molar-refractivity contribution >= 4 is 40.8 Å². The van der Waals surface area contributed by atoms with Gasteiger partial charge in [-0.25, -0.2) is 4.79 Å². The highest BCUT2D eigenvalue weighted by molar-refractivity contribution is 6.31. The van der Waals surface area contributed by atoms with E-state index in [4.69, 9.17) is 16.3 Å². The fourth-order valence-corrected chi connectivity index (χ4v) is 2.81. The molecule has 0 saturated heterocycles. The molecule has 7 heteroatoms. The topological polar surface area (TPSA) is 84.5 Å². The molecule has 0 aliphatic heterocycles. The number of para-hydroxylation sites is 1. The van der Waals surface area contributed by atoms with Crippen molar-refractivity contribution in [3.8, 4) is 0 Å². The number of nitrogens with one attached hydrogen (secondary N) is 2. The van der Waals surface area contributed by atoms with Crippen LogP contribution in [-0.4, -0.2) is 24.9 Å². The van der Waals surface area contributed by atoms with Crippen LogP contribution in [0, 0.1) is 5.41 Å². The van der Waals surface area contributed by atoms with Crippen LogP contribution in [0.15, 0.2) is 48.5 Å². The predicted molar refractivity (Wildman–Crippen MR) is 98.2 cm³/mol. The number of carbonyl (C=O) groups is 3. The second-order valence-corrected chi connectivity index (χ2v) is 6.47. The van der Waals surface area contributed by atoms with Crippen LogP contribution in [-0.2, 0) is 14.3 Å². The maximum Gasteiger partial charge on any atom is 0.339 e. The summed E-state index contributed by atoms with van der Waals surface area (Å²) in [6.45, 7) is 0. The molecule has 0 heterocycles. The van der Waals surface area contributed by atoms with Gasteiger partial charge in [-0.1, -0.05) is 29.8 Å². The Kier molecular flexibility index (Phi) is 4.95. The number of anilines is 2. The molecular formula is C19H17ClN2O4. The highest BCUT2D eigenvalue weighted by Crippen LogP contribution is 2.47. The first kappa shape index (κ1) is 17.9. The average molecular weight is 373 g/mol. The van der Waals surface area contributed by atoms with E-state index >= 15 is 0 Å². The summed E-state index contributed by atoms with van der Waals surface area (Å²) in [5.74, 6) is -1.41. The molecule has 1 aliphatic rings. The largest absolute Gasteiger partial charge is 0.465 e. The second kappa shape index (κ2) is 7.17. The Morgan fingerprint density at radius 3 is 2.35 bits per heavy atom. The molecule has 0 radical (unpaired) electrons. The van der Waals surface area contributed by atoms with Crippen molar-refractivity contribution in [1.82, 2.24) is 0 Å². The maximum atomic E-state index is 12.7. The summed E-state index contributed by atoms with van der Waals surface area (Å²) in [5, 5.41) is 5.89. The summed E-state index contributed by atoms with van der Waals surface area (Å²) in [6.07, 6.45) is 0.872. The number of benzene rings is 2. The summed E-state index contributed by atoms with van der Waals surface area (Å²) < 4.78 is 4.72. The molecule has 2 aromatic carbocycles. The molecule has 1 aliphatic carbocycles. The summed E-state index contributed by atoms with van der Waals surface area (Å²) >= 11 is 5.91. The van der Waals surface area contributed by atoms with E-state index in [9.17, 15) is 14.4 Å². The lowest BCUT2D eigenvalue weighted by Crippen LogP contribution is -2.36. The zero-order chi connectivity index (χ0) is 18.7. The van der Waals surface area contributed by atoms with Crippen molar-refractivity contribution in [3.05, 3.63) is 59.1 Å². The molecule has 0 atom stereocenters. The van der Waals surface area contributed by atoms with Crippen molar-refractivity contribution in [1.29, 1.82) is 0 Å². The molecule has 0 aromatic heterocycles. The fourth-order valence-electron chi connectivity index (χ4n) is 2.62. The Morgan fingerprint density at radius 2 is 1.69 bits per heavy atom. The SMILES string of the molecule is COC(=O)c1ccccc1NC(=O)C1(C(=O)Nc2cccc(Cl)c2)CC1. The van der Waals surface area contributed by atoms with Crippen LogP contribution in [0.25, 0.3) is 0 Å². The first-order valence-corrected chi connectivity index (χ1v) is 8.40. The summed E-state index contributed by atoms with van der Waals surface area (Å²) in [4.78, 5) is 37.1. The smallest absolute Gasteiger partial charge is 0.339 e. The van der Waals surface area contributed by atoms with E-state index in [1.807, 2.05) is 0 Å². The third-order valence-electron chi connectivity index (χ3n) is 4.28. The molecule has 1 fully saturated rings. The molecule has 2 amide bonds. The van der Waals surface area contributed by atoms with Gasteiger partial charge in [-0.15, -0.1) is 0 Å². The van der Waals surface area contributed by atoms with Crippen LogP contribution in [0.4, 0.5) is 11.4 Å². The minimum Gasteiger partial charge on any atom is -0.465 e. The first-order chi connectivity index (χ1) is 12.5. The number of hydrogen-bond donors (Lipinski definition) is 2. The number of halogens is 1. The standard InChI is InChI=1S/C19H17ClN2O4/c1-26-16(23)14-7-2-3-8-15(14)22-18(25)19(9-10-19)17(24)21-13-6-4-5-12(20)11-13/h2-8,11H,9-10H2,1H3,(H,21,24)(H,22,25). The zero-order valence-corrected chi connectivity index (χ0v) is 14.8. The number of methoxy groups -OCH3 is 1. The van der Waals surface area contributed by atoms with Gasteiger partial charge in [-0.3, -0.25) is 9.59 Å². The monoisotopic (exact) mass is 372 g/mol. The van der Waals surface area contributed by atoms with E-state index < -0.39 is 23.2 Å². The summed E-state index contributed by atoms with van der Waals surface area (Å²) in [5.41, 5.74) is -0.0805. The van der Waals surface area contributed by atoms with Crippen molar-refractivity contribution < 1.29 is 19.1 Å². The van der Waals surface area contributed by atoms with Crippen LogP contribution >= 0.6 is 11.6 Å². The third-order valence-corrected chi connectivity index (χ3v) is 4.52. The highest BCUT2D eigenvalue weighted by atomic mass is 35.5. The van der Waals surface area contributed by atoms with E-state index in [0.29, 0.717) is 29.2 Å². The molecule has 26 heavy (non-hydrogen) atoms. The molecular weight excluding hydrogens is 356 g/mol. The molecule has 1 saturated carbocycles. The minimum atomic E-state index is -1.15. The van der Waals surface area contributed by atoms with E-state index in [1.165, 1.54) is 7.11 Å². The van der Waals surface area contributed by atoms with E-state index in [1.54, 1.807) is 48.5 Å². The van der Waals surface area contributed by atoms with Crippen molar-refractivity contribution in [3.63, 3.8) is 0 Å². The van der Waals surface area contributed by atoms with Gasteiger partial charge >= 0.3 is 5.97 Å². The summed E-state index contributed by atoms with van der Waals surface area (Å²) in [7, 11) is 1.27. The fraction of sp³-hybridized carbons (Fsp3) is 0.211. The first-order valence-electron chi connectivity index (χ1n) is 8.02. The van der Waals surface area contributed by atoms with Crippen molar-refractivity contribution in [2.75, 3.05) is 17.7 Å².